The number of hydrogen-bond donors (Lipinski definition) is 3. The molecule has 1 aromatic heterocycles. The Morgan fingerprint density at radius 2 is 1.68 bits per heavy atom. The summed E-state index contributed by atoms with van der Waals surface area (Å²) in [6.07, 6.45) is 2.49. The zero-order valence-electron chi connectivity index (χ0n) is 20.9. The summed E-state index contributed by atoms with van der Waals surface area (Å²) in [6.45, 7) is 5.14. The molecule has 4 rings (SSSR count). The van der Waals surface area contributed by atoms with E-state index in [0.29, 0.717) is 17.2 Å². The number of benzene rings is 2. The maximum atomic E-state index is 12.7. The number of rotatable bonds is 9. The molecule has 2 heterocycles. The van der Waals surface area contributed by atoms with Gasteiger partial charge < -0.3 is 20.9 Å². The highest BCUT2D eigenvalue weighted by molar-refractivity contribution is 6.06. The lowest BCUT2D eigenvalue weighted by Gasteiger charge is -2.14. The van der Waals surface area contributed by atoms with Crippen molar-refractivity contribution in [3.63, 3.8) is 0 Å². The minimum absolute atomic E-state index is 0.105. The second kappa shape index (κ2) is 12.0. The molecule has 2 amide bonds. The number of hydrogen-bond acceptors (Lipinski definition) is 6. The van der Waals surface area contributed by atoms with E-state index in [1.807, 2.05) is 12.1 Å². The van der Waals surface area contributed by atoms with Crippen LogP contribution >= 0.6 is 0 Å². The third-order valence-electron chi connectivity index (χ3n) is 6.23. The van der Waals surface area contributed by atoms with E-state index in [2.05, 4.69) is 37.6 Å². The molecule has 1 saturated heterocycles. The number of amides is 2. The largest absolute Gasteiger partial charge is 0.471 e. The first-order valence-corrected chi connectivity index (χ1v) is 12.4. The monoisotopic (exact) mass is 526 g/mol. The second-order valence-electron chi connectivity index (χ2n) is 9.21. The molecular weight excluding hydrogens is 497 g/mol. The van der Waals surface area contributed by atoms with Crippen molar-refractivity contribution in [3.8, 4) is 0 Å². The van der Waals surface area contributed by atoms with Crippen LogP contribution in [0.2, 0.25) is 0 Å². The van der Waals surface area contributed by atoms with Crippen molar-refractivity contribution in [1.29, 1.82) is 0 Å². The Bertz CT molecular complexity index is 1270. The minimum Gasteiger partial charge on any atom is -0.324 e. The topological polar surface area (TPSA) is 99.2 Å². The summed E-state index contributed by atoms with van der Waals surface area (Å²) in [5.41, 5.74) is 2.87. The Balaban J connectivity index is 1.33. The standard InChI is InChI=1S/C27H29F3N6O2/c1-18-9-10-21(34-25(38)27(28,29)30)15-23(18)24(37)33-22-16-31-26(32-17-22)35-20-8-4-6-19(14-20)7-5-13-36-11-2-3-12-36/h4,6,8-10,14-17H,2-3,5,7,11-13H2,1H3,(H,33,37)(H,34,38)(H,31,32,35). The summed E-state index contributed by atoms with van der Waals surface area (Å²) in [5.74, 6) is -2.33. The molecule has 0 bridgehead atoms. The first kappa shape index (κ1) is 27.1. The first-order valence-electron chi connectivity index (χ1n) is 12.4. The highest BCUT2D eigenvalue weighted by atomic mass is 19.4. The van der Waals surface area contributed by atoms with Gasteiger partial charge in [0.1, 0.15) is 0 Å². The van der Waals surface area contributed by atoms with Crippen LogP contribution in [0.1, 0.15) is 40.7 Å². The number of nitrogens with zero attached hydrogens (tertiary/aromatic N) is 3. The molecule has 1 fully saturated rings. The number of likely N-dealkylation sites (tertiary alicyclic amines) is 1. The molecule has 38 heavy (non-hydrogen) atoms. The van der Waals surface area contributed by atoms with Gasteiger partial charge in [0.15, 0.2) is 0 Å². The average Bonchev–Trinajstić information content (AvgIpc) is 3.39. The van der Waals surface area contributed by atoms with Crippen LogP contribution in [0.5, 0.6) is 0 Å². The second-order valence-corrected chi connectivity index (χ2v) is 9.21. The quantitative estimate of drug-likeness (QED) is 0.350. The fourth-order valence-electron chi connectivity index (χ4n) is 4.25. The van der Waals surface area contributed by atoms with Gasteiger partial charge in [-0.3, -0.25) is 9.59 Å². The molecule has 0 radical (unpaired) electrons. The third-order valence-corrected chi connectivity index (χ3v) is 6.23. The van der Waals surface area contributed by atoms with Gasteiger partial charge in [-0.05, 0) is 87.6 Å². The van der Waals surface area contributed by atoms with Crippen LogP contribution in [0.25, 0.3) is 0 Å². The van der Waals surface area contributed by atoms with Crippen molar-refractivity contribution in [2.75, 3.05) is 35.6 Å². The smallest absolute Gasteiger partial charge is 0.324 e. The van der Waals surface area contributed by atoms with Crippen LogP contribution in [0.4, 0.5) is 36.2 Å². The number of halogens is 3. The molecule has 8 nitrogen and oxygen atoms in total. The zero-order chi connectivity index (χ0) is 27.1. The molecule has 0 aliphatic carbocycles. The van der Waals surface area contributed by atoms with Gasteiger partial charge in [-0.2, -0.15) is 13.2 Å². The number of carbonyl (C=O) groups is 2. The molecule has 3 N–H and O–H groups in total. The van der Waals surface area contributed by atoms with Crippen molar-refractivity contribution in [3.05, 3.63) is 71.5 Å². The van der Waals surface area contributed by atoms with Gasteiger partial charge in [-0.25, -0.2) is 9.97 Å². The maximum absolute atomic E-state index is 12.7. The van der Waals surface area contributed by atoms with E-state index in [0.717, 1.165) is 25.1 Å². The summed E-state index contributed by atoms with van der Waals surface area (Å²) in [7, 11) is 0. The van der Waals surface area contributed by atoms with E-state index in [1.165, 1.54) is 62.1 Å². The Kier molecular flexibility index (Phi) is 8.57. The van der Waals surface area contributed by atoms with Gasteiger partial charge >= 0.3 is 12.1 Å². The van der Waals surface area contributed by atoms with E-state index in [9.17, 15) is 22.8 Å². The van der Waals surface area contributed by atoms with E-state index >= 15 is 0 Å². The number of aromatic nitrogens is 2. The Hall–Kier alpha value is -3.99. The van der Waals surface area contributed by atoms with Crippen LogP contribution in [-0.2, 0) is 11.2 Å². The van der Waals surface area contributed by atoms with Crippen molar-refractivity contribution in [1.82, 2.24) is 14.9 Å². The Morgan fingerprint density at radius 1 is 0.947 bits per heavy atom. The summed E-state index contributed by atoms with van der Waals surface area (Å²) >= 11 is 0. The Labute approximate surface area is 218 Å². The van der Waals surface area contributed by atoms with E-state index in [-0.39, 0.29) is 11.3 Å². The molecule has 0 unspecified atom stereocenters. The van der Waals surface area contributed by atoms with Crippen molar-refractivity contribution < 1.29 is 22.8 Å². The highest BCUT2D eigenvalue weighted by Crippen LogP contribution is 2.22. The highest BCUT2D eigenvalue weighted by Gasteiger charge is 2.38. The lowest BCUT2D eigenvalue weighted by Crippen LogP contribution is -2.30. The maximum Gasteiger partial charge on any atom is 0.471 e. The van der Waals surface area contributed by atoms with Crippen LogP contribution in [-0.4, -0.2) is 52.5 Å². The number of anilines is 4. The average molecular weight is 527 g/mol. The molecule has 11 heteroatoms. The molecule has 0 saturated carbocycles. The number of carbonyl (C=O) groups excluding carboxylic acids is 2. The van der Waals surface area contributed by atoms with Gasteiger partial charge in [-0.15, -0.1) is 0 Å². The molecule has 200 valence electrons. The zero-order valence-corrected chi connectivity index (χ0v) is 20.9. The van der Waals surface area contributed by atoms with E-state index < -0.39 is 18.0 Å². The molecule has 1 aliphatic rings. The summed E-state index contributed by atoms with van der Waals surface area (Å²) < 4.78 is 37.6. The molecule has 1 aliphatic heterocycles. The normalized spacial score (nSPS) is 13.8. The van der Waals surface area contributed by atoms with E-state index in [4.69, 9.17) is 0 Å². The predicted octanol–water partition coefficient (Wildman–Crippen LogP) is 5.31. The number of aryl methyl sites for hydroxylation is 2. The molecule has 2 aromatic carbocycles. The molecular formula is C27H29F3N6O2. The van der Waals surface area contributed by atoms with Crippen molar-refractivity contribution >= 4 is 34.8 Å². The summed E-state index contributed by atoms with van der Waals surface area (Å²) in [4.78, 5) is 34.9. The van der Waals surface area contributed by atoms with Gasteiger partial charge in [-0.1, -0.05) is 18.2 Å². The summed E-state index contributed by atoms with van der Waals surface area (Å²) in [5, 5.41) is 7.53. The van der Waals surface area contributed by atoms with Crippen LogP contribution < -0.4 is 16.0 Å². The van der Waals surface area contributed by atoms with Gasteiger partial charge in [0.05, 0.1) is 18.1 Å². The number of nitrogens with one attached hydrogen (secondary N) is 3. The lowest BCUT2D eigenvalue weighted by molar-refractivity contribution is -0.167. The number of alkyl halides is 3. The van der Waals surface area contributed by atoms with Crippen LogP contribution in [0.3, 0.4) is 0 Å². The van der Waals surface area contributed by atoms with Gasteiger partial charge in [0.25, 0.3) is 5.91 Å². The van der Waals surface area contributed by atoms with Crippen molar-refractivity contribution in [2.45, 2.75) is 38.8 Å². The fourth-order valence-corrected chi connectivity index (χ4v) is 4.25. The van der Waals surface area contributed by atoms with Crippen molar-refractivity contribution in [2.24, 2.45) is 0 Å². The SMILES string of the molecule is Cc1ccc(NC(=O)C(F)(F)F)cc1C(=O)Nc1cnc(Nc2cccc(CCCN3CCCC3)c2)nc1. The Morgan fingerprint density at radius 3 is 2.39 bits per heavy atom. The predicted molar refractivity (Wildman–Crippen MR) is 140 cm³/mol. The van der Waals surface area contributed by atoms with Gasteiger partial charge in [0, 0.05) is 16.9 Å². The lowest BCUT2D eigenvalue weighted by atomic mass is 10.1. The first-order chi connectivity index (χ1) is 18.2. The molecule has 0 spiro atoms. The molecule has 3 aromatic rings. The van der Waals surface area contributed by atoms with Gasteiger partial charge in [0.2, 0.25) is 5.95 Å². The summed E-state index contributed by atoms with van der Waals surface area (Å²) in [6, 6.07) is 12.0. The van der Waals surface area contributed by atoms with E-state index in [1.54, 1.807) is 12.2 Å². The fraction of sp³-hybridized carbons (Fsp3) is 0.333. The minimum atomic E-state index is -5.03. The third kappa shape index (κ3) is 7.51. The van der Waals surface area contributed by atoms with Crippen LogP contribution in [0, 0.1) is 6.92 Å². The van der Waals surface area contributed by atoms with Crippen LogP contribution in [0.15, 0.2) is 54.9 Å². The molecule has 0 atom stereocenters.